The molecule has 16 heavy (non-hydrogen) atoms. The number of alkyl carbamates (subject to hydrolysis) is 1. The van der Waals surface area contributed by atoms with Crippen LogP contribution in [0.25, 0.3) is 0 Å². The molecule has 0 saturated carbocycles. The van der Waals surface area contributed by atoms with Crippen molar-refractivity contribution < 1.29 is 23.8 Å². The van der Waals surface area contributed by atoms with E-state index in [9.17, 15) is 14.0 Å². The van der Waals surface area contributed by atoms with Gasteiger partial charge in [0.2, 0.25) is 0 Å². The summed E-state index contributed by atoms with van der Waals surface area (Å²) >= 11 is 0. The third-order valence-electron chi connectivity index (χ3n) is 1.65. The predicted octanol–water partition coefficient (Wildman–Crippen LogP) is 1.71. The number of aliphatic carboxylic acids is 1. The van der Waals surface area contributed by atoms with Crippen LogP contribution >= 0.6 is 0 Å². The summed E-state index contributed by atoms with van der Waals surface area (Å²) in [6.45, 7) is 6.18. The van der Waals surface area contributed by atoms with Crippen molar-refractivity contribution in [1.82, 2.24) is 5.32 Å². The van der Waals surface area contributed by atoms with Gasteiger partial charge in [-0.3, -0.25) is 4.79 Å². The number of alkyl halides is 1. The smallest absolute Gasteiger partial charge is 0.407 e. The molecule has 2 unspecified atom stereocenters. The van der Waals surface area contributed by atoms with Crippen molar-refractivity contribution in [3.05, 3.63) is 0 Å². The molecule has 0 saturated heterocycles. The van der Waals surface area contributed by atoms with Crippen LogP contribution in [0.5, 0.6) is 0 Å². The lowest BCUT2D eigenvalue weighted by molar-refractivity contribution is -0.137. The summed E-state index contributed by atoms with van der Waals surface area (Å²) in [4.78, 5) is 21.7. The maximum Gasteiger partial charge on any atom is 0.407 e. The summed E-state index contributed by atoms with van der Waals surface area (Å²) in [5, 5.41) is 10.7. The molecule has 2 atom stereocenters. The number of amides is 1. The van der Waals surface area contributed by atoms with Gasteiger partial charge in [-0.2, -0.15) is 0 Å². The van der Waals surface area contributed by atoms with E-state index in [4.69, 9.17) is 9.84 Å². The molecule has 0 fully saturated rings. The van der Waals surface area contributed by atoms with Crippen LogP contribution in [0.15, 0.2) is 0 Å². The Morgan fingerprint density at radius 1 is 1.44 bits per heavy atom. The fraction of sp³-hybridized carbons (Fsp3) is 0.800. The molecule has 0 spiro atoms. The normalized spacial score (nSPS) is 15.1. The Morgan fingerprint density at radius 2 is 1.94 bits per heavy atom. The lowest BCUT2D eigenvalue weighted by Gasteiger charge is -2.23. The molecule has 1 amide bonds. The monoisotopic (exact) mass is 235 g/mol. The first-order chi connectivity index (χ1) is 7.11. The Morgan fingerprint density at radius 3 is 2.25 bits per heavy atom. The number of nitrogens with one attached hydrogen (secondary N) is 1. The fourth-order valence-electron chi connectivity index (χ4n) is 0.975. The minimum absolute atomic E-state index is 0.475. The van der Waals surface area contributed by atoms with Crippen LogP contribution in [-0.4, -0.2) is 35.0 Å². The van der Waals surface area contributed by atoms with Gasteiger partial charge in [0.05, 0.1) is 12.5 Å². The summed E-state index contributed by atoms with van der Waals surface area (Å²) in [6, 6.07) is -1.08. The number of hydrogen-bond acceptors (Lipinski definition) is 3. The van der Waals surface area contributed by atoms with Crippen molar-refractivity contribution in [3.8, 4) is 0 Å². The zero-order valence-electron chi connectivity index (χ0n) is 9.91. The molecular weight excluding hydrogens is 217 g/mol. The van der Waals surface area contributed by atoms with E-state index in [-0.39, 0.29) is 0 Å². The number of carbonyl (C=O) groups is 2. The largest absolute Gasteiger partial charge is 0.481 e. The fourth-order valence-corrected chi connectivity index (χ4v) is 0.975. The second kappa shape index (κ2) is 5.67. The highest BCUT2D eigenvalue weighted by atomic mass is 19.1. The van der Waals surface area contributed by atoms with Crippen molar-refractivity contribution >= 4 is 12.1 Å². The summed E-state index contributed by atoms with van der Waals surface area (Å²) in [5.74, 6) is -1.18. The van der Waals surface area contributed by atoms with Gasteiger partial charge in [0, 0.05) is 0 Å². The summed E-state index contributed by atoms with van der Waals surface area (Å²) in [5.41, 5.74) is -0.697. The van der Waals surface area contributed by atoms with Gasteiger partial charge >= 0.3 is 12.1 Å². The number of carboxylic acids is 1. The number of halogens is 1. The second-order valence-corrected chi connectivity index (χ2v) is 4.53. The van der Waals surface area contributed by atoms with E-state index in [0.29, 0.717) is 0 Å². The van der Waals surface area contributed by atoms with Crippen LogP contribution < -0.4 is 5.32 Å². The van der Waals surface area contributed by atoms with E-state index in [2.05, 4.69) is 5.32 Å². The molecule has 0 aromatic heterocycles. The van der Waals surface area contributed by atoms with Crippen LogP contribution in [0, 0.1) is 0 Å². The van der Waals surface area contributed by atoms with E-state index < -0.39 is 36.3 Å². The topological polar surface area (TPSA) is 75.6 Å². The van der Waals surface area contributed by atoms with Crippen molar-refractivity contribution in [2.24, 2.45) is 0 Å². The van der Waals surface area contributed by atoms with Gasteiger partial charge in [-0.15, -0.1) is 0 Å². The van der Waals surface area contributed by atoms with Crippen molar-refractivity contribution in [3.63, 3.8) is 0 Å². The van der Waals surface area contributed by atoms with Gasteiger partial charge in [0.1, 0.15) is 11.8 Å². The minimum atomic E-state index is -1.45. The minimum Gasteiger partial charge on any atom is -0.481 e. The standard InChI is InChI=1S/C10H18FNO4/c1-6(11)7(5-8(13)14)12-9(15)16-10(2,3)4/h6-7H,5H2,1-4H3,(H,12,15)(H,13,14). The third kappa shape index (κ3) is 7.03. The Kier molecular flexibility index (Phi) is 5.20. The molecule has 0 bridgehead atoms. The Hall–Kier alpha value is -1.33. The number of carboxylic acid groups (broad SMARTS) is 1. The first kappa shape index (κ1) is 14.7. The predicted molar refractivity (Wildman–Crippen MR) is 56.0 cm³/mol. The third-order valence-corrected chi connectivity index (χ3v) is 1.65. The maximum absolute atomic E-state index is 13.0. The van der Waals surface area contributed by atoms with Crippen molar-refractivity contribution in [2.45, 2.75) is 51.9 Å². The molecule has 6 heteroatoms. The number of carbonyl (C=O) groups excluding carboxylic acids is 1. The highest BCUT2D eigenvalue weighted by Crippen LogP contribution is 2.09. The molecule has 0 rings (SSSR count). The van der Waals surface area contributed by atoms with Gasteiger partial charge in [-0.1, -0.05) is 0 Å². The van der Waals surface area contributed by atoms with Crippen LogP contribution in [-0.2, 0) is 9.53 Å². The molecule has 0 heterocycles. The average molecular weight is 235 g/mol. The number of rotatable bonds is 4. The summed E-state index contributed by atoms with van der Waals surface area (Å²) < 4.78 is 17.9. The van der Waals surface area contributed by atoms with Crippen LogP contribution in [0.1, 0.15) is 34.1 Å². The van der Waals surface area contributed by atoms with Gasteiger partial charge in [-0.05, 0) is 27.7 Å². The molecule has 5 nitrogen and oxygen atoms in total. The molecule has 0 aliphatic rings. The molecule has 0 aromatic carbocycles. The summed E-state index contributed by atoms with van der Waals surface area (Å²) in [6.07, 6.45) is -2.75. The van der Waals surface area contributed by atoms with Crippen LogP contribution in [0.3, 0.4) is 0 Å². The molecule has 0 aliphatic heterocycles. The van der Waals surface area contributed by atoms with E-state index in [0.717, 1.165) is 0 Å². The molecular formula is C10H18FNO4. The van der Waals surface area contributed by atoms with E-state index in [1.165, 1.54) is 6.92 Å². The Bertz CT molecular complexity index is 260. The molecule has 0 aromatic rings. The van der Waals surface area contributed by atoms with Gasteiger partial charge in [0.25, 0.3) is 0 Å². The van der Waals surface area contributed by atoms with Gasteiger partial charge < -0.3 is 15.2 Å². The van der Waals surface area contributed by atoms with Crippen molar-refractivity contribution in [1.29, 1.82) is 0 Å². The second-order valence-electron chi connectivity index (χ2n) is 4.53. The van der Waals surface area contributed by atoms with Gasteiger partial charge in [0.15, 0.2) is 0 Å². The molecule has 0 aliphatic carbocycles. The zero-order valence-corrected chi connectivity index (χ0v) is 9.91. The Balaban J connectivity index is 4.30. The first-order valence-corrected chi connectivity index (χ1v) is 4.97. The van der Waals surface area contributed by atoms with E-state index in [1.54, 1.807) is 20.8 Å². The highest BCUT2D eigenvalue weighted by molar-refractivity contribution is 5.71. The maximum atomic E-state index is 13.0. The zero-order chi connectivity index (χ0) is 12.9. The lowest BCUT2D eigenvalue weighted by atomic mass is 10.1. The quantitative estimate of drug-likeness (QED) is 0.777. The molecule has 0 radical (unpaired) electrons. The van der Waals surface area contributed by atoms with Crippen molar-refractivity contribution in [2.75, 3.05) is 0 Å². The molecule has 94 valence electrons. The SMILES string of the molecule is CC(F)C(CC(=O)O)NC(=O)OC(C)(C)C. The summed E-state index contributed by atoms with van der Waals surface area (Å²) in [7, 11) is 0. The van der Waals surface area contributed by atoms with Crippen LogP contribution in [0.4, 0.5) is 9.18 Å². The number of hydrogen-bond donors (Lipinski definition) is 2. The first-order valence-electron chi connectivity index (χ1n) is 4.97. The highest BCUT2D eigenvalue weighted by Gasteiger charge is 2.25. The van der Waals surface area contributed by atoms with Gasteiger partial charge in [-0.25, -0.2) is 9.18 Å². The average Bonchev–Trinajstić information content (AvgIpc) is 1.97. The molecule has 2 N–H and O–H groups in total. The van der Waals surface area contributed by atoms with E-state index in [1.807, 2.05) is 0 Å². The lowest BCUT2D eigenvalue weighted by Crippen LogP contribution is -2.44. The van der Waals surface area contributed by atoms with Crippen LogP contribution in [0.2, 0.25) is 0 Å². The van der Waals surface area contributed by atoms with E-state index >= 15 is 0 Å². The Labute approximate surface area is 94.0 Å². The number of ether oxygens (including phenoxy) is 1.